The van der Waals surface area contributed by atoms with Crippen molar-refractivity contribution in [3.63, 3.8) is 0 Å². The molecule has 5 N–H and O–H groups in total. The molecular formula is C12H24N4O4. The average Bonchev–Trinajstić information content (AvgIpc) is 2.44. The van der Waals surface area contributed by atoms with E-state index in [0.717, 1.165) is 39.1 Å². The van der Waals surface area contributed by atoms with Crippen LogP contribution in [0.15, 0.2) is 0 Å². The van der Waals surface area contributed by atoms with Gasteiger partial charge < -0.3 is 31.1 Å². The van der Waals surface area contributed by atoms with E-state index >= 15 is 0 Å². The summed E-state index contributed by atoms with van der Waals surface area (Å²) >= 11 is 0. The summed E-state index contributed by atoms with van der Waals surface area (Å²) in [5, 5.41) is 25.8. The molecule has 0 aromatic heterocycles. The highest BCUT2D eigenvalue weighted by Crippen LogP contribution is 1.94. The van der Waals surface area contributed by atoms with E-state index in [1.807, 2.05) is 0 Å². The Morgan fingerprint density at radius 1 is 1.30 bits per heavy atom. The molecule has 1 rings (SSSR count). The predicted octanol–water partition coefficient (Wildman–Crippen LogP) is -1.58. The maximum Gasteiger partial charge on any atom is 0.326 e. The van der Waals surface area contributed by atoms with Gasteiger partial charge in [-0.15, -0.1) is 0 Å². The van der Waals surface area contributed by atoms with Crippen molar-refractivity contribution in [3.05, 3.63) is 0 Å². The molecule has 0 aliphatic carbocycles. The molecule has 1 atom stereocenters. The molecule has 1 fully saturated rings. The summed E-state index contributed by atoms with van der Waals surface area (Å²) in [5.74, 6) is -1.14. The molecule has 0 bridgehead atoms. The number of urea groups is 1. The highest BCUT2D eigenvalue weighted by molar-refractivity contribution is 5.82. The van der Waals surface area contributed by atoms with Crippen LogP contribution in [0.3, 0.4) is 0 Å². The number of piperazine rings is 1. The van der Waals surface area contributed by atoms with Crippen molar-refractivity contribution in [3.8, 4) is 0 Å². The fraction of sp³-hybridized carbons (Fsp3) is 0.833. The molecule has 20 heavy (non-hydrogen) atoms. The molecule has 1 aliphatic rings. The third-order valence-corrected chi connectivity index (χ3v) is 3.17. The van der Waals surface area contributed by atoms with Crippen LogP contribution in [0.4, 0.5) is 4.79 Å². The molecule has 0 saturated carbocycles. The lowest BCUT2D eigenvalue weighted by molar-refractivity contribution is -0.139. The van der Waals surface area contributed by atoms with Gasteiger partial charge in [-0.1, -0.05) is 0 Å². The van der Waals surface area contributed by atoms with Gasteiger partial charge in [-0.05, 0) is 13.0 Å². The van der Waals surface area contributed by atoms with Crippen LogP contribution in [0.5, 0.6) is 0 Å². The molecule has 8 nitrogen and oxygen atoms in total. The number of carboxylic acids is 1. The van der Waals surface area contributed by atoms with Crippen LogP contribution in [-0.4, -0.2) is 79.0 Å². The van der Waals surface area contributed by atoms with Crippen LogP contribution >= 0.6 is 0 Å². The fourth-order valence-electron chi connectivity index (χ4n) is 2.04. The minimum atomic E-state index is -1.14. The number of rotatable bonds is 8. The van der Waals surface area contributed by atoms with Gasteiger partial charge in [-0.3, -0.25) is 0 Å². The minimum absolute atomic E-state index is 0.00350. The molecule has 1 saturated heterocycles. The standard InChI is InChI=1S/C12H24N4O4/c17-9-2-10(11(18)19)15-12(20)14-3-1-6-16-7-4-13-5-8-16/h10,13,17H,1-9H2,(H,18,19)(H2,14,15,20)/t10-/m1/s1. The smallest absolute Gasteiger partial charge is 0.326 e. The number of carbonyl (C=O) groups is 2. The Morgan fingerprint density at radius 2 is 2.00 bits per heavy atom. The normalized spacial score (nSPS) is 17.4. The molecular weight excluding hydrogens is 264 g/mol. The number of aliphatic hydroxyl groups excluding tert-OH is 1. The zero-order valence-corrected chi connectivity index (χ0v) is 11.6. The SMILES string of the molecule is O=C(NCCCN1CCNCC1)N[C@H](CCO)C(=O)O. The highest BCUT2D eigenvalue weighted by Gasteiger charge is 2.18. The topological polar surface area (TPSA) is 114 Å². The first-order chi connectivity index (χ1) is 9.63. The lowest BCUT2D eigenvalue weighted by atomic mass is 10.2. The Balaban J connectivity index is 2.10. The summed E-state index contributed by atoms with van der Waals surface area (Å²) in [6, 6.07) is -1.56. The van der Waals surface area contributed by atoms with Crippen molar-refractivity contribution in [2.24, 2.45) is 0 Å². The van der Waals surface area contributed by atoms with Crippen molar-refractivity contribution in [1.82, 2.24) is 20.9 Å². The fourth-order valence-corrected chi connectivity index (χ4v) is 2.04. The van der Waals surface area contributed by atoms with Gasteiger partial charge >= 0.3 is 12.0 Å². The van der Waals surface area contributed by atoms with Crippen LogP contribution in [0.2, 0.25) is 0 Å². The Kier molecular flexibility index (Phi) is 7.93. The third kappa shape index (κ3) is 6.69. The van der Waals surface area contributed by atoms with Gasteiger partial charge in [0.25, 0.3) is 0 Å². The second-order valence-corrected chi connectivity index (χ2v) is 4.75. The zero-order chi connectivity index (χ0) is 14.8. The van der Waals surface area contributed by atoms with Crippen LogP contribution in [0, 0.1) is 0 Å². The van der Waals surface area contributed by atoms with Crippen LogP contribution in [0.1, 0.15) is 12.8 Å². The second-order valence-electron chi connectivity index (χ2n) is 4.75. The van der Waals surface area contributed by atoms with E-state index in [1.54, 1.807) is 0 Å². The van der Waals surface area contributed by atoms with Gasteiger partial charge in [0.1, 0.15) is 6.04 Å². The average molecular weight is 288 g/mol. The number of carboxylic acid groups (broad SMARTS) is 1. The van der Waals surface area contributed by atoms with Crippen molar-refractivity contribution < 1.29 is 19.8 Å². The number of hydrogen-bond acceptors (Lipinski definition) is 5. The van der Waals surface area contributed by atoms with Gasteiger partial charge in [-0.25, -0.2) is 9.59 Å². The zero-order valence-electron chi connectivity index (χ0n) is 11.6. The quantitative estimate of drug-likeness (QED) is 0.344. The van der Waals surface area contributed by atoms with E-state index in [2.05, 4.69) is 20.9 Å². The predicted molar refractivity (Wildman–Crippen MR) is 73.6 cm³/mol. The number of aliphatic hydroxyl groups is 1. The van der Waals surface area contributed by atoms with Crippen molar-refractivity contribution in [2.45, 2.75) is 18.9 Å². The molecule has 0 aromatic rings. The van der Waals surface area contributed by atoms with E-state index in [9.17, 15) is 9.59 Å². The monoisotopic (exact) mass is 288 g/mol. The second kappa shape index (κ2) is 9.51. The molecule has 1 aliphatic heterocycles. The lowest BCUT2D eigenvalue weighted by Gasteiger charge is -2.27. The number of amides is 2. The third-order valence-electron chi connectivity index (χ3n) is 3.17. The summed E-state index contributed by atoms with van der Waals surface area (Å²) in [7, 11) is 0. The number of nitrogens with zero attached hydrogens (tertiary/aromatic N) is 1. The molecule has 2 amide bonds. The molecule has 0 unspecified atom stereocenters. The summed E-state index contributed by atoms with van der Waals surface area (Å²) in [6.45, 7) is 5.17. The van der Waals surface area contributed by atoms with Gasteiger partial charge in [0.05, 0.1) is 0 Å². The molecule has 8 heteroatoms. The van der Waals surface area contributed by atoms with Crippen LogP contribution in [-0.2, 0) is 4.79 Å². The molecule has 0 radical (unpaired) electrons. The largest absolute Gasteiger partial charge is 0.480 e. The van der Waals surface area contributed by atoms with Crippen LogP contribution < -0.4 is 16.0 Å². The number of hydrogen-bond donors (Lipinski definition) is 5. The summed E-state index contributed by atoms with van der Waals surface area (Å²) in [6.07, 6.45) is 0.828. The molecule has 0 spiro atoms. The molecule has 1 heterocycles. The Morgan fingerprint density at radius 3 is 2.60 bits per heavy atom. The van der Waals surface area contributed by atoms with E-state index in [-0.39, 0.29) is 13.0 Å². The van der Waals surface area contributed by atoms with E-state index < -0.39 is 18.0 Å². The maximum atomic E-state index is 11.5. The Hall–Kier alpha value is -1.38. The van der Waals surface area contributed by atoms with Crippen molar-refractivity contribution in [2.75, 3.05) is 45.9 Å². The molecule has 116 valence electrons. The van der Waals surface area contributed by atoms with E-state index in [0.29, 0.717) is 6.54 Å². The Bertz CT molecular complexity index is 308. The Labute approximate surface area is 118 Å². The first-order valence-electron chi connectivity index (χ1n) is 6.94. The summed E-state index contributed by atoms with van der Waals surface area (Å²) < 4.78 is 0. The number of carbonyl (C=O) groups excluding carboxylic acids is 1. The van der Waals surface area contributed by atoms with Crippen molar-refractivity contribution in [1.29, 1.82) is 0 Å². The van der Waals surface area contributed by atoms with E-state index in [1.165, 1.54) is 0 Å². The lowest BCUT2D eigenvalue weighted by Crippen LogP contribution is -2.47. The summed E-state index contributed by atoms with van der Waals surface area (Å²) in [5.41, 5.74) is 0. The first-order valence-corrected chi connectivity index (χ1v) is 6.94. The van der Waals surface area contributed by atoms with Crippen molar-refractivity contribution >= 4 is 12.0 Å². The van der Waals surface area contributed by atoms with E-state index in [4.69, 9.17) is 10.2 Å². The minimum Gasteiger partial charge on any atom is -0.480 e. The van der Waals surface area contributed by atoms with Gasteiger partial charge in [0.2, 0.25) is 0 Å². The summed E-state index contributed by atoms with van der Waals surface area (Å²) in [4.78, 5) is 24.6. The van der Waals surface area contributed by atoms with Gasteiger partial charge in [0.15, 0.2) is 0 Å². The van der Waals surface area contributed by atoms with Gasteiger partial charge in [-0.2, -0.15) is 0 Å². The number of nitrogens with one attached hydrogen (secondary N) is 3. The first kappa shape index (κ1) is 16.7. The van der Waals surface area contributed by atoms with Crippen LogP contribution in [0.25, 0.3) is 0 Å². The van der Waals surface area contributed by atoms with Gasteiger partial charge in [0, 0.05) is 45.8 Å². The maximum absolute atomic E-state index is 11.5. The number of aliphatic carboxylic acids is 1. The highest BCUT2D eigenvalue weighted by atomic mass is 16.4. The molecule has 0 aromatic carbocycles.